The summed E-state index contributed by atoms with van der Waals surface area (Å²) >= 11 is 1.22. The molecule has 3 aromatic carbocycles. The van der Waals surface area contributed by atoms with Gasteiger partial charge in [-0.25, -0.2) is 4.98 Å². The van der Waals surface area contributed by atoms with Crippen LogP contribution in [0.25, 0.3) is 21.5 Å². The summed E-state index contributed by atoms with van der Waals surface area (Å²) in [6.07, 6.45) is 1.73. The van der Waals surface area contributed by atoms with Gasteiger partial charge in [0.1, 0.15) is 10.8 Å². The molecule has 37 heavy (non-hydrogen) atoms. The monoisotopic (exact) mass is 507 g/mol. The molecule has 3 heterocycles. The van der Waals surface area contributed by atoms with Crippen molar-refractivity contribution in [3.8, 4) is 16.3 Å². The van der Waals surface area contributed by atoms with Crippen LogP contribution in [0.3, 0.4) is 0 Å². The third-order valence-corrected chi connectivity index (χ3v) is 7.74. The summed E-state index contributed by atoms with van der Waals surface area (Å²) in [4.78, 5) is 37.0. The first-order valence-electron chi connectivity index (χ1n) is 11.6. The van der Waals surface area contributed by atoms with Gasteiger partial charge in [0.2, 0.25) is 5.78 Å². The quantitative estimate of drug-likeness (QED) is 0.250. The molecule has 0 bridgehead atoms. The Morgan fingerprint density at radius 1 is 0.973 bits per heavy atom. The van der Waals surface area contributed by atoms with Crippen LogP contribution >= 0.6 is 11.3 Å². The molecule has 1 aliphatic rings. The Morgan fingerprint density at radius 3 is 2.46 bits per heavy atom. The number of Topliss-reactive ketones (excluding diaryl/α,β-unsaturated/α-hetero) is 1. The molecule has 5 aromatic rings. The second-order valence-corrected chi connectivity index (χ2v) is 9.75. The number of hydrogen-bond acceptors (Lipinski definition) is 6. The van der Waals surface area contributed by atoms with Crippen molar-refractivity contribution in [2.24, 2.45) is 0 Å². The molecule has 7 nitrogen and oxygen atoms in total. The topological polar surface area (TPSA) is 107 Å². The Kier molecular flexibility index (Phi) is 5.39. The number of ketones is 1. The maximum Gasteiger partial charge on any atom is 0.294 e. The molecule has 3 N–H and O–H groups in total. The van der Waals surface area contributed by atoms with Gasteiger partial charge in [-0.3, -0.25) is 14.5 Å². The lowest BCUT2D eigenvalue weighted by Crippen LogP contribution is -2.31. The number of phenols is 1. The van der Waals surface area contributed by atoms with Crippen LogP contribution in [0.2, 0.25) is 0 Å². The van der Waals surface area contributed by atoms with Gasteiger partial charge in [-0.05, 0) is 25.1 Å². The number of rotatable bonds is 5. The molecule has 0 saturated heterocycles. The number of anilines is 1. The summed E-state index contributed by atoms with van der Waals surface area (Å²) in [5.74, 6) is -2.01. The number of aryl methyl sites for hydroxylation is 1. The number of aliphatic hydroxyl groups excluding tert-OH is 1. The molecule has 1 aliphatic heterocycles. The Morgan fingerprint density at radius 2 is 1.68 bits per heavy atom. The Bertz CT molecular complexity index is 1720. The van der Waals surface area contributed by atoms with Crippen molar-refractivity contribution in [1.82, 2.24) is 9.97 Å². The first-order chi connectivity index (χ1) is 18.0. The summed E-state index contributed by atoms with van der Waals surface area (Å²) in [6.45, 7) is 1.74. The highest BCUT2D eigenvalue weighted by atomic mass is 32.1. The number of nitrogens with zero attached hydrogens (tertiary/aromatic N) is 2. The van der Waals surface area contributed by atoms with Crippen molar-refractivity contribution >= 4 is 39.6 Å². The average Bonchev–Trinajstić information content (AvgIpc) is 3.59. The normalized spacial score (nSPS) is 15.6. The van der Waals surface area contributed by atoms with E-state index in [0.717, 1.165) is 16.5 Å². The fourth-order valence-corrected chi connectivity index (χ4v) is 5.83. The molecule has 0 aliphatic carbocycles. The molecule has 6 rings (SSSR count). The molecule has 1 unspecified atom stereocenters. The number of para-hydroxylation sites is 3. The molecule has 1 atom stereocenters. The number of H-pyrrole nitrogens is 1. The maximum atomic E-state index is 14.1. The van der Waals surface area contributed by atoms with Crippen molar-refractivity contribution in [2.45, 2.75) is 13.0 Å². The molecule has 1 amide bonds. The minimum Gasteiger partial charge on any atom is -0.506 e. The van der Waals surface area contributed by atoms with Gasteiger partial charge in [-0.2, -0.15) is 0 Å². The van der Waals surface area contributed by atoms with Crippen LogP contribution < -0.4 is 4.90 Å². The van der Waals surface area contributed by atoms with Crippen LogP contribution in [-0.2, 0) is 4.79 Å². The number of aliphatic hydroxyl groups is 1. The van der Waals surface area contributed by atoms with E-state index >= 15 is 0 Å². The average molecular weight is 508 g/mol. The number of carbonyl (C=O) groups is 2. The molecule has 0 radical (unpaired) electrons. The molecular weight excluding hydrogens is 486 g/mol. The number of aromatic hydroxyl groups is 1. The number of nitrogens with one attached hydrogen (secondary N) is 1. The molecule has 2 aromatic heterocycles. The zero-order chi connectivity index (χ0) is 25.7. The second kappa shape index (κ2) is 8.76. The van der Waals surface area contributed by atoms with Crippen LogP contribution in [0.15, 0.2) is 96.4 Å². The molecule has 182 valence electrons. The van der Waals surface area contributed by atoms with Crippen LogP contribution in [0.4, 0.5) is 5.69 Å². The summed E-state index contributed by atoms with van der Waals surface area (Å²) in [5, 5.41) is 23.2. The number of aromatic amines is 1. The highest BCUT2D eigenvalue weighted by Gasteiger charge is 2.46. The minimum absolute atomic E-state index is 0.0515. The van der Waals surface area contributed by atoms with Gasteiger partial charge in [0.25, 0.3) is 5.91 Å². The van der Waals surface area contributed by atoms with Crippen LogP contribution in [0, 0.1) is 6.92 Å². The van der Waals surface area contributed by atoms with Gasteiger partial charge in [0.15, 0.2) is 5.76 Å². The number of fused-ring (bicyclic) bond motifs is 1. The van der Waals surface area contributed by atoms with E-state index in [4.69, 9.17) is 0 Å². The van der Waals surface area contributed by atoms with Crippen molar-refractivity contribution in [2.75, 3.05) is 4.90 Å². The fourth-order valence-electron chi connectivity index (χ4n) is 4.80. The van der Waals surface area contributed by atoms with Crippen LogP contribution in [0.5, 0.6) is 5.75 Å². The minimum atomic E-state index is -0.967. The zero-order valence-corrected chi connectivity index (χ0v) is 20.5. The second-order valence-electron chi connectivity index (χ2n) is 8.75. The standard InChI is InChI=1S/C29H21N3O4S/c1-16-27(37-28(31-16)17-9-3-2-4-10-17)25(34)23-24(19-15-30-20-12-6-5-11-18(19)20)32(29(36)26(23)35)21-13-7-8-14-22(21)33/h2-15,24,30,33,35H,1H3. The molecule has 0 saturated carbocycles. The number of carbonyl (C=O) groups excluding carboxylic acids is 2. The van der Waals surface area contributed by atoms with Gasteiger partial charge in [-0.15, -0.1) is 11.3 Å². The van der Waals surface area contributed by atoms with E-state index in [9.17, 15) is 19.8 Å². The Balaban J connectivity index is 1.53. The van der Waals surface area contributed by atoms with E-state index in [-0.39, 0.29) is 17.0 Å². The lowest BCUT2D eigenvalue weighted by atomic mass is 9.94. The van der Waals surface area contributed by atoms with Crippen LogP contribution in [-0.4, -0.2) is 31.9 Å². The van der Waals surface area contributed by atoms with Crippen molar-refractivity contribution in [3.63, 3.8) is 0 Å². The number of phenolic OH excluding ortho intramolecular Hbond substituents is 1. The number of hydrogen-bond donors (Lipinski definition) is 3. The van der Waals surface area contributed by atoms with Gasteiger partial charge < -0.3 is 15.2 Å². The van der Waals surface area contributed by atoms with Crippen molar-refractivity contribution in [3.05, 3.63) is 113 Å². The number of benzene rings is 3. The van der Waals surface area contributed by atoms with E-state index in [0.29, 0.717) is 21.1 Å². The smallest absolute Gasteiger partial charge is 0.294 e. The lowest BCUT2D eigenvalue weighted by Gasteiger charge is -2.27. The van der Waals surface area contributed by atoms with E-state index < -0.39 is 23.5 Å². The molecular formula is C29H21N3O4S. The molecule has 0 spiro atoms. The predicted octanol–water partition coefficient (Wildman–Crippen LogP) is 6.09. The summed E-state index contributed by atoms with van der Waals surface area (Å²) < 4.78 is 0. The Labute approximate surface area is 216 Å². The third-order valence-electron chi connectivity index (χ3n) is 6.53. The largest absolute Gasteiger partial charge is 0.506 e. The Hall–Kier alpha value is -4.69. The molecule has 0 fully saturated rings. The van der Waals surface area contributed by atoms with E-state index in [1.807, 2.05) is 54.6 Å². The van der Waals surface area contributed by atoms with Crippen LogP contribution in [0.1, 0.15) is 27.0 Å². The van der Waals surface area contributed by atoms with Gasteiger partial charge in [-0.1, -0.05) is 60.7 Å². The van der Waals surface area contributed by atoms with Gasteiger partial charge in [0.05, 0.1) is 27.9 Å². The van der Waals surface area contributed by atoms with Crippen molar-refractivity contribution < 1.29 is 19.8 Å². The maximum absolute atomic E-state index is 14.1. The first kappa shape index (κ1) is 22.8. The van der Waals surface area contributed by atoms with E-state index in [2.05, 4.69) is 9.97 Å². The lowest BCUT2D eigenvalue weighted by molar-refractivity contribution is -0.117. The van der Waals surface area contributed by atoms with Crippen molar-refractivity contribution in [1.29, 1.82) is 0 Å². The molecule has 8 heteroatoms. The summed E-state index contributed by atoms with van der Waals surface area (Å²) in [7, 11) is 0. The zero-order valence-electron chi connectivity index (χ0n) is 19.7. The SMILES string of the molecule is Cc1nc(-c2ccccc2)sc1C(=O)C1=C(O)C(=O)N(c2ccccc2O)C1c1c[nH]c2ccccc12. The van der Waals surface area contributed by atoms with E-state index in [1.54, 1.807) is 31.3 Å². The fraction of sp³-hybridized carbons (Fsp3) is 0.0690. The first-order valence-corrected chi connectivity index (χ1v) is 12.5. The summed E-state index contributed by atoms with van der Waals surface area (Å²) in [5.41, 5.74) is 2.98. The highest BCUT2D eigenvalue weighted by Crippen LogP contribution is 2.47. The summed E-state index contributed by atoms with van der Waals surface area (Å²) in [6, 6.07) is 22.5. The number of amides is 1. The third kappa shape index (κ3) is 3.61. The number of aromatic nitrogens is 2. The van der Waals surface area contributed by atoms with E-state index in [1.165, 1.54) is 22.3 Å². The van der Waals surface area contributed by atoms with Gasteiger partial charge >= 0.3 is 0 Å². The van der Waals surface area contributed by atoms with Gasteiger partial charge in [0, 0.05) is 28.2 Å². The predicted molar refractivity (Wildman–Crippen MR) is 143 cm³/mol. The highest BCUT2D eigenvalue weighted by molar-refractivity contribution is 7.17. The number of thiazole rings is 1.